The van der Waals surface area contributed by atoms with E-state index in [2.05, 4.69) is 15.8 Å². The molecule has 1 aromatic carbocycles. The van der Waals surface area contributed by atoms with E-state index in [0.29, 0.717) is 6.42 Å². The summed E-state index contributed by atoms with van der Waals surface area (Å²) in [6, 6.07) is 7.32. The third kappa shape index (κ3) is 4.13. The van der Waals surface area contributed by atoms with Crippen LogP contribution in [0.1, 0.15) is 18.9 Å². The molecule has 2 unspecified atom stereocenters. The Labute approximate surface area is 147 Å². The lowest BCUT2D eigenvalue weighted by Crippen LogP contribution is -2.53. The number of amides is 1. The van der Waals surface area contributed by atoms with Gasteiger partial charge in [-0.3, -0.25) is 14.5 Å². The number of halogens is 1. The molecule has 1 amide bonds. The summed E-state index contributed by atoms with van der Waals surface area (Å²) in [6.07, 6.45) is 0.527. The summed E-state index contributed by atoms with van der Waals surface area (Å²) in [5.74, 6) is 0.142. The number of hydrogen-bond acceptors (Lipinski definition) is 5. The smallest absolute Gasteiger partial charge is 0.241 e. The van der Waals surface area contributed by atoms with E-state index in [1.807, 2.05) is 29.2 Å². The summed E-state index contributed by atoms with van der Waals surface area (Å²) >= 11 is 5.91. The Balaban J connectivity index is 1.47. The number of hydrazine groups is 1. The second-order valence-corrected chi connectivity index (χ2v) is 6.90. The van der Waals surface area contributed by atoms with Gasteiger partial charge in [-0.25, -0.2) is 10.9 Å². The predicted octanol–water partition coefficient (Wildman–Crippen LogP) is 0.808. The van der Waals surface area contributed by atoms with Crippen LogP contribution in [0.15, 0.2) is 24.3 Å². The molecule has 2 aliphatic heterocycles. The van der Waals surface area contributed by atoms with Crippen LogP contribution in [-0.4, -0.2) is 59.8 Å². The first kappa shape index (κ1) is 17.4. The normalized spacial score (nSPS) is 25.0. The number of ketones is 1. The van der Waals surface area contributed by atoms with Gasteiger partial charge in [-0.15, -0.1) is 0 Å². The molecule has 2 saturated heterocycles. The molecule has 0 aliphatic carbocycles. The fourth-order valence-corrected chi connectivity index (χ4v) is 3.31. The zero-order chi connectivity index (χ0) is 17.1. The Morgan fingerprint density at radius 2 is 1.71 bits per heavy atom. The minimum Gasteiger partial charge on any atom is -0.339 e. The second kappa shape index (κ2) is 7.61. The van der Waals surface area contributed by atoms with E-state index in [1.54, 1.807) is 6.92 Å². The Hall–Kier alpha value is -1.47. The van der Waals surface area contributed by atoms with E-state index in [0.717, 1.165) is 37.7 Å². The predicted molar refractivity (Wildman–Crippen MR) is 92.5 cm³/mol. The van der Waals surface area contributed by atoms with Crippen molar-refractivity contribution in [2.24, 2.45) is 0 Å². The average molecular weight is 351 g/mol. The van der Waals surface area contributed by atoms with Gasteiger partial charge in [-0.2, -0.15) is 0 Å². The van der Waals surface area contributed by atoms with Gasteiger partial charge < -0.3 is 4.90 Å². The summed E-state index contributed by atoms with van der Waals surface area (Å²) in [6.45, 7) is 5.55. The van der Waals surface area contributed by atoms with E-state index in [-0.39, 0.29) is 23.8 Å². The van der Waals surface area contributed by atoms with Crippen molar-refractivity contribution in [2.75, 3.05) is 26.2 Å². The molecule has 2 fully saturated rings. The van der Waals surface area contributed by atoms with Crippen molar-refractivity contribution >= 4 is 23.3 Å². The van der Waals surface area contributed by atoms with Gasteiger partial charge >= 0.3 is 0 Å². The lowest BCUT2D eigenvalue weighted by Gasteiger charge is -2.35. The maximum atomic E-state index is 12.5. The second-order valence-electron chi connectivity index (χ2n) is 6.47. The third-order valence-electron chi connectivity index (χ3n) is 4.70. The van der Waals surface area contributed by atoms with Gasteiger partial charge in [0.05, 0.1) is 6.04 Å². The molecule has 2 heterocycles. The summed E-state index contributed by atoms with van der Waals surface area (Å²) in [4.78, 5) is 28.2. The van der Waals surface area contributed by atoms with Crippen LogP contribution < -0.4 is 10.9 Å². The summed E-state index contributed by atoms with van der Waals surface area (Å²) in [5, 5.41) is 0.746. The van der Waals surface area contributed by atoms with Crippen molar-refractivity contribution in [3.63, 3.8) is 0 Å². The molecule has 0 spiro atoms. The molecule has 0 saturated carbocycles. The van der Waals surface area contributed by atoms with E-state index >= 15 is 0 Å². The summed E-state index contributed by atoms with van der Waals surface area (Å²) < 4.78 is 0. The van der Waals surface area contributed by atoms with Crippen LogP contribution in [0.25, 0.3) is 0 Å². The van der Waals surface area contributed by atoms with Crippen LogP contribution in [0.4, 0.5) is 0 Å². The zero-order valence-corrected chi connectivity index (χ0v) is 14.6. The minimum atomic E-state index is -0.304. The van der Waals surface area contributed by atoms with Crippen molar-refractivity contribution in [2.45, 2.75) is 32.0 Å². The molecule has 3 rings (SSSR count). The number of nitrogens with one attached hydrogen (secondary N) is 2. The van der Waals surface area contributed by atoms with Crippen molar-refractivity contribution < 1.29 is 9.59 Å². The van der Waals surface area contributed by atoms with Gasteiger partial charge in [0.25, 0.3) is 0 Å². The first-order valence-electron chi connectivity index (χ1n) is 8.30. The molecule has 2 aliphatic rings. The SMILES string of the molecule is CC(=O)C1CC(C(=O)N2CCN(Cc3ccc(Cl)cc3)CC2)NN1. The number of nitrogens with zero attached hydrogens (tertiary/aromatic N) is 2. The van der Waals surface area contributed by atoms with Crippen molar-refractivity contribution in [1.29, 1.82) is 0 Å². The van der Waals surface area contributed by atoms with E-state index in [4.69, 9.17) is 11.6 Å². The number of Topliss-reactive ketones (excluding diaryl/α,β-unsaturated/α-hetero) is 1. The van der Waals surface area contributed by atoms with Crippen LogP contribution in [0, 0.1) is 0 Å². The largest absolute Gasteiger partial charge is 0.339 e. The molecule has 7 heteroatoms. The lowest BCUT2D eigenvalue weighted by atomic mass is 10.1. The number of hydrogen-bond donors (Lipinski definition) is 2. The van der Waals surface area contributed by atoms with E-state index in [9.17, 15) is 9.59 Å². The highest BCUT2D eigenvalue weighted by molar-refractivity contribution is 6.30. The first-order valence-corrected chi connectivity index (χ1v) is 8.68. The topological polar surface area (TPSA) is 64.7 Å². The Morgan fingerprint density at radius 1 is 1.08 bits per heavy atom. The summed E-state index contributed by atoms with van der Waals surface area (Å²) in [5.41, 5.74) is 7.08. The Bertz CT molecular complexity index is 599. The fraction of sp³-hybridized carbons (Fsp3) is 0.529. The van der Waals surface area contributed by atoms with Crippen LogP contribution in [0.2, 0.25) is 5.02 Å². The number of carbonyl (C=O) groups is 2. The van der Waals surface area contributed by atoms with Gasteiger partial charge in [-0.05, 0) is 31.0 Å². The first-order chi connectivity index (χ1) is 11.5. The van der Waals surface area contributed by atoms with Gasteiger partial charge in [0.1, 0.15) is 11.8 Å². The minimum absolute atomic E-state index is 0.0607. The Kier molecular flexibility index (Phi) is 5.50. The van der Waals surface area contributed by atoms with Gasteiger partial charge in [0.2, 0.25) is 5.91 Å². The molecule has 24 heavy (non-hydrogen) atoms. The molecule has 2 N–H and O–H groups in total. The average Bonchev–Trinajstić information content (AvgIpc) is 3.07. The van der Waals surface area contributed by atoms with Crippen LogP contribution in [0.3, 0.4) is 0 Å². The lowest BCUT2D eigenvalue weighted by molar-refractivity contribution is -0.135. The van der Waals surface area contributed by atoms with Crippen LogP contribution in [0.5, 0.6) is 0 Å². The molecule has 2 atom stereocenters. The van der Waals surface area contributed by atoms with Crippen LogP contribution in [-0.2, 0) is 16.1 Å². The molecule has 6 nitrogen and oxygen atoms in total. The molecule has 0 radical (unpaired) electrons. The van der Waals surface area contributed by atoms with Crippen molar-refractivity contribution in [3.8, 4) is 0 Å². The van der Waals surface area contributed by atoms with Gasteiger partial charge in [0.15, 0.2) is 0 Å². The fourth-order valence-electron chi connectivity index (χ4n) is 3.18. The monoisotopic (exact) mass is 350 g/mol. The molecular formula is C17H23ClN4O2. The molecule has 130 valence electrons. The Morgan fingerprint density at radius 3 is 2.29 bits per heavy atom. The number of benzene rings is 1. The summed E-state index contributed by atoms with van der Waals surface area (Å²) in [7, 11) is 0. The number of rotatable bonds is 4. The third-order valence-corrected chi connectivity index (χ3v) is 4.95. The van der Waals surface area contributed by atoms with Crippen molar-refractivity contribution in [3.05, 3.63) is 34.9 Å². The standard InChI is InChI=1S/C17H23ClN4O2/c1-12(23)15-10-16(20-19-15)17(24)22-8-6-21(7-9-22)11-13-2-4-14(18)5-3-13/h2-5,15-16,19-20H,6-11H2,1H3. The van der Waals surface area contributed by atoms with Gasteiger partial charge in [0, 0.05) is 37.7 Å². The van der Waals surface area contributed by atoms with E-state index in [1.165, 1.54) is 5.56 Å². The molecule has 1 aromatic rings. The number of piperazine rings is 1. The van der Waals surface area contributed by atoms with E-state index < -0.39 is 0 Å². The molecule has 0 bridgehead atoms. The highest BCUT2D eigenvalue weighted by Gasteiger charge is 2.34. The highest BCUT2D eigenvalue weighted by atomic mass is 35.5. The quantitative estimate of drug-likeness (QED) is 0.841. The highest BCUT2D eigenvalue weighted by Crippen LogP contribution is 2.15. The molecular weight excluding hydrogens is 328 g/mol. The molecule has 0 aromatic heterocycles. The zero-order valence-electron chi connectivity index (χ0n) is 13.8. The maximum Gasteiger partial charge on any atom is 0.241 e. The van der Waals surface area contributed by atoms with Crippen LogP contribution >= 0.6 is 11.6 Å². The van der Waals surface area contributed by atoms with Gasteiger partial charge in [-0.1, -0.05) is 23.7 Å². The maximum absolute atomic E-state index is 12.5. The number of carbonyl (C=O) groups excluding carboxylic acids is 2. The van der Waals surface area contributed by atoms with Crippen molar-refractivity contribution in [1.82, 2.24) is 20.7 Å².